The molecule has 3 heterocycles. The zero-order valence-electron chi connectivity index (χ0n) is 13.6. The minimum atomic E-state index is -3.46. The van der Waals surface area contributed by atoms with Crippen molar-refractivity contribution >= 4 is 27.2 Å². The van der Waals surface area contributed by atoms with Crippen LogP contribution in [0.15, 0.2) is 46.9 Å². The Balaban J connectivity index is 1.49. The lowest BCUT2D eigenvalue weighted by atomic mass is 10.4. The van der Waals surface area contributed by atoms with E-state index in [0.717, 1.165) is 11.3 Å². The molecule has 2 N–H and O–H groups in total. The molecule has 0 saturated carbocycles. The van der Waals surface area contributed by atoms with Gasteiger partial charge in [-0.1, -0.05) is 6.92 Å². The van der Waals surface area contributed by atoms with Gasteiger partial charge in [-0.25, -0.2) is 17.8 Å². The van der Waals surface area contributed by atoms with Crippen LogP contribution in [0, 0.1) is 0 Å². The molecule has 0 spiro atoms. The van der Waals surface area contributed by atoms with Crippen molar-refractivity contribution in [1.82, 2.24) is 24.7 Å². The van der Waals surface area contributed by atoms with Crippen LogP contribution in [0.5, 0.6) is 0 Å². The fourth-order valence-corrected chi connectivity index (χ4v) is 4.46. The van der Waals surface area contributed by atoms with Gasteiger partial charge in [0.1, 0.15) is 10.0 Å². The molecule has 0 atom stereocenters. The fraction of sp³-hybridized carbons (Fsp3) is 0.267. The van der Waals surface area contributed by atoms with Gasteiger partial charge in [0.2, 0.25) is 10.0 Å². The molecule has 0 aliphatic carbocycles. The Labute approximate surface area is 150 Å². The predicted octanol–water partition coefficient (Wildman–Crippen LogP) is 1.68. The van der Waals surface area contributed by atoms with Crippen molar-refractivity contribution in [3.8, 4) is 5.82 Å². The summed E-state index contributed by atoms with van der Waals surface area (Å²) in [6.07, 6.45) is 4.27. The van der Waals surface area contributed by atoms with Crippen LogP contribution in [0.2, 0.25) is 0 Å². The van der Waals surface area contributed by atoms with Crippen LogP contribution < -0.4 is 10.0 Å². The van der Waals surface area contributed by atoms with Crippen molar-refractivity contribution in [1.29, 1.82) is 0 Å². The second-order valence-electron chi connectivity index (χ2n) is 5.13. The minimum absolute atomic E-state index is 0.254. The quantitative estimate of drug-likeness (QED) is 0.578. The lowest BCUT2D eigenvalue weighted by Gasteiger charge is -2.07. The molecule has 0 radical (unpaired) electrons. The summed E-state index contributed by atoms with van der Waals surface area (Å²) in [5.74, 6) is 1.18. The molecule has 10 heteroatoms. The zero-order valence-corrected chi connectivity index (χ0v) is 15.2. The number of nitrogens with one attached hydrogen (secondary N) is 2. The maximum Gasteiger partial charge on any atom is 0.250 e. The Bertz CT molecular complexity index is 904. The molecule has 3 aromatic rings. The number of rotatable bonds is 8. The van der Waals surface area contributed by atoms with Crippen LogP contribution >= 0.6 is 11.3 Å². The van der Waals surface area contributed by atoms with E-state index in [9.17, 15) is 8.42 Å². The van der Waals surface area contributed by atoms with Crippen molar-refractivity contribution in [2.24, 2.45) is 0 Å². The van der Waals surface area contributed by atoms with Gasteiger partial charge in [0.05, 0.1) is 0 Å². The van der Waals surface area contributed by atoms with Crippen LogP contribution in [0.25, 0.3) is 5.82 Å². The molecule has 0 amide bonds. The lowest BCUT2D eigenvalue weighted by molar-refractivity contribution is 0.585. The third-order valence-corrected chi connectivity index (χ3v) is 6.55. The van der Waals surface area contributed by atoms with Crippen molar-refractivity contribution < 1.29 is 8.42 Å². The highest BCUT2D eigenvalue weighted by Crippen LogP contribution is 2.21. The van der Waals surface area contributed by atoms with E-state index in [1.165, 1.54) is 11.3 Å². The smallest absolute Gasteiger partial charge is 0.250 e. The van der Waals surface area contributed by atoms with E-state index in [1.54, 1.807) is 41.3 Å². The SMILES string of the molecule is CCc1ccc(S(=O)(=O)NCCNc2ccc(-n3cccn3)nn2)s1. The molecule has 0 saturated heterocycles. The van der Waals surface area contributed by atoms with E-state index >= 15 is 0 Å². The fourth-order valence-electron chi connectivity index (χ4n) is 2.09. The van der Waals surface area contributed by atoms with Gasteiger partial charge in [-0.15, -0.1) is 21.5 Å². The summed E-state index contributed by atoms with van der Waals surface area (Å²) in [5, 5.41) is 15.2. The van der Waals surface area contributed by atoms with Crippen molar-refractivity contribution in [3.05, 3.63) is 47.6 Å². The maximum atomic E-state index is 12.2. The van der Waals surface area contributed by atoms with Gasteiger partial charge in [0, 0.05) is 30.4 Å². The molecule has 0 aliphatic heterocycles. The summed E-state index contributed by atoms with van der Waals surface area (Å²) in [7, 11) is -3.46. The summed E-state index contributed by atoms with van der Waals surface area (Å²) < 4.78 is 28.9. The molecular formula is C15H18N6O2S2. The van der Waals surface area contributed by atoms with E-state index in [0.29, 0.717) is 22.4 Å². The summed E-state index contributed by atoms with van der Waals surface area (Å²) in [5.41, 5.74) is 0. The molecular weight excluding hydrogens is 360 g/mol. The number of nitrogens with zero attached hydrogens (tertiary/aromatic N) is 4. The van der Waals surface area contributed by atoms with Gasteiger partial charge in [-0.05, 0) is 36.8 Å². The molecule has 0 fully saturated rings. The predicted molar refractivity (Wildman–Crippen MR) is 96.5 cm³/mol. The standard InChI is InChI=1S/C15H18N6O2S2/c1-2-12-4-7-15(24-12)25(22,23)18-10-9-16-13-5-6-14(20-19-13)21-11-3-8-17-21/h3-8,11,18H,2,9-10H2,1H3,(H,16,19). The summed E-state index contributed by atoms with van der Waals surface area (Å²) in [6.45, 7) is 2.66. The van der Waals surface area contributed by atoms with Gasteiger partial charge >= 0.3 is 0 Å². The highest BCUT2D eigenvalue weighted by Gasteiger charge is 2.15. The molecule has 0 unspecified atom stereocenters. The van der Waals surface area contributed by atoms with E-state index in [4.69, 9.17) is 0 Å². The number of sulfonamides is 1. The van der Waals surface area contributed by atoms with E-state index in [-0.39, 0.29) is 6.54 Å². The monoisotopic (exact) mass is 378 g/mol. The van der Waals surface area contributed by atoms with Gasteiger partial charge in [0.15, 0.2) is 5.82 Å². The second-order valence-corrected chi connectivity index (χ2v) is 8.29. The average molecular weight is 378 g/mol. The van der Waals surface area contributed by atoms with Crippen LogP contribution in [0.1, 0.15) is 11.8 Å². The van der Waals surface area contributed by atoms with Gasteiger partial charge in [-0.3, -0.25) is 0 Å². The van der Waals surface area contributed by atoms with Gasteiger partial charge < -0.3 is 5.32 Å². The highest BCUT2D eigenvalue weighted by atomic mass is 32.2. The van der Waals surface area contributed by atoms with Crippen molar-refractivity contribution in [3.63, 3.8) is 0 Å². The maximum absolute atomic E-state index is 12.2. The molecule has 0 bridgehead atoms. The minimum Gasteiger partial charge on any atom is -0.367 e. The first-order valence-electron chi connectivity index (χ1n) is 7.74. The Morgan fingerprint density at radius 1 is 1.16 bits per heavy atom. The molecule has 3 rings (SSSR count). The van der Waals surface area contributed by atoms with Crippen molar-refractivity contribution in [2.75, 3.05) is 18.4 Å². The van der Waals surface area contributed by atoms with E-state index < -0.39 is 10.0 Å². The Morgan fingerprint density at radius 3 is 2.68 bits per heavy atom. The molecule has 0 aromatic carbocycles. The summed E-state index contributed by atoms with van der Waals surface area (Å²) in [6, 6.07) is 8.83. The van der Waals surface area contributed by atoms with Crippen LogP contribution in [0.4, 0.5) is 5.82 Å². The topological polar surface area (TPSA) is 102 Å². The number of hydrogen-bond acceptors (Lipinski definition) is 7. The van der Waals surface area contributed by atoms with Gasteiger partial charge in [0.25, 0.3) is 0 Å². The molecule has 132 valence electrons. The molecule has 8 nitrogen and oxygen atoms in total. The van der Waals surface area contributed by atoms with E-state index in [2.05, 4.69) is 25.3 Å². The Morgan fingerprint density at radius 2 is 2.04 bits per heavy atom. The number of aryl methyl sites for hydroxylation is 1. The first-order chi connectivity index (χ1) is 12.1. The first-order valence-corrected chi connectivity index (χ1v) is 10.0. The summed E-state index contributed by atoms with van der Waals surface area (Å²) in [4.78, 5) is 1.05. The molecule has 0 aliphatic rings. The largest absolute Gasteiger partial charge is 0.367 e. The van der Waals surface area contributed by atoms with Gasteiger partial charge in [-0.2, -0.15) is 5.10 Å². The number of thiophene rings is 1. The number of aromatic nitrogens is 4. The average Bonchev–Trinajstić information content (AvgIpc) is 3.31. The number of hydrogen-bond donors (Lipinski definition) is 2. The third-order valence-electron chi connectivity index (χ3n) is 3.36. The first kappa shape index (κ1) is 17.5. The van der Waals surface area contributed by atoms with Crippen LogP contribution in [0.3, 0.4) is 0 Å². The normalized spacial score (nSPS) is 11.6. The molecule has 25 heavy (non-hydrogen) atoms. The van der Waals surface area contributed by atoms with Crippen LogP contribution in [-0.4, -0.2) is 41.5 Å². The number of anilines is 1. The van der Waals surface area contributed by atoms with Crippen molar-refractivity contribution in [2.45, 2.75) is 17.6 Å². The zero-order chi connectivity index (χ0) is 17.7. The Kier molecular flexibility index (Phi) is 5.41. The van der Waals surface area contributed by atoms with E-state index in [1.807, 2.05) is 13.0 Å². The Hall–Kier alpha value is -2.30. The molecule has 3 aromatic heterocycles. The lowest BCUT2D eigenvalue weighted by Crippen LogP contribution is -2.28. The second kappa shape index (κ2) is 7.72. The summed E-state index contributed by atoms with van der Waals surface area (Å²) >= 11 is 1.29. The highest BCUT2D eigenvalue weighted by molar-refractivity contribution is 7.91. The third kappa shape index (κ3) is 4.41. The van der Waals surface area contributed by atoms with Crippen LogP contribution in [-0.2, 0) is 16.4 Å².